The molecule has 1 aliphatic rings. The number of amides is 3. The number of carbonyl (C=O) groups is 3. The number of aliphatic carboxylic acids is 1. The van der Waals surface area contributed by atoms with E-state index < -0.39 is 18.0 Å². The van der Waals surface area contributed by atoms with Crippen molar-refractivity contribution < 1.29 is 19.5 Å². The highest BCUT2D eigenvalue weighted by atomic mass is 16.4. The Labute approximate surface area is 118 Å². The van der Waals surface area contributed by atoms with Crippen LogP contribution in [0.15, 0.2) is 0 Å². The van der Waals surface area contributed by atoms with Gasteiger partial charge in [0.1, 0.15) is 12.6 Å². The predicted molar refractivity (Wildman–Crippen MR) is 72.3 cm³/mol. The number of hydrogen-bond acceptors (Lipinski definition) is 4. The number of nitrogens with zero attached hydrogens (tertiary/aromatic N) is 2. The topological polar surface area (TPSA) is 102 Å². The maximum atomic E-state index is 12.1. The summed E-state index contributed by atoms with van der Waals surface area (Å²) >= 11 is 0. The number of rotatable bonds is 5. The lowest BCUT2D eigenvalue weighted by molar-refractivity contribution is -0.144. The molecule has 114 valence electrons. The number of carbonyl (C=O) groups excluding carboxylic acids is 2. The molecule has 0 bridgehead atoms. The number of hydrogen-bond donors (Lipinski definition) is 3. The van der Waals surface area contributed by atoms with Crippen molar-refractivity contribution in [1.29, 1.82) is 0 Å². The van der Waals surface area contributed by atoms with Gasteiger partial charge in [0.2, 0.25) is 5.91 Å². The molecule has 0 aliphatic carbocycles. The fourth-order valence-corrected chi connectivity index (χ4v) is 1.89. The van der Waals surface area contributed by atoms with Crippen LogP contribution in [-0.2, 0) is 9.59 Å². The van der Waals surface area contributed by atoms with E-state index in [1.54, 1.807) is 0 Å². The number of piperazine rings is 1. The van der Waals surface area contributed by atoms with Gasteiger partial charge in [-0.2, -0.15) is 0 Å². The van der Waals surface area contributed by atoms with Gasteiger partial charge in [-0.1, -0.05) is 0 Å². The van der Waals surface area contributed by atoms with Gasteiger partial charge in [0.05, 0.1) is 0 Å². The van der Waals surface area contributed by atoms with E-state index in [-0.39, 0.29) is 25.0 Å². The van der Waals surface area contributed by atoms with Crippen molar-refractivity contribution in [1.82, 2.24) is 20.4 Å². The molecule has 2 atom stereocenters. The SMILES string of the molecule is CC(CCN(C)C)NC(=O)N1CC(=O)NCC1C(=O)O. The van der Waals surface area contributed by atoms with Gasteiger partial charge in [0, 0.05) is 12.6 Å². The van der Waals surface area contributed by atoms with Gasteiger partial charge in [-0.3, -0.25) is 9.69 Å². The van der Waals surface area contributed by atoms with Gasteiger partial charge in [0.25, 0.3) is 0 Å². The zero-order chi connectivity index (χ0) is 15.3. The van der Waals surface area contributed by atoms with Crippen LogP contribution in [0.25, 0.3) is 0 Å². The van der Waals surface area contributed by atoms with Crippen molar-refractivity contribution in [3.05, 3.63) is 0 Å². The maximum Gasteiger partial charge on any atom is 0.328 e. The molecule has 8 nitrogen and oxygen atoms in total. The molecule has 3 N–H and O–H groups in total. The van der Waals surface area contributed by atoms with Crippen LogP contribution < -0.4 is 10.6 Å². The first-order valence-corrected chi connectivity index (χ1v) is 6.52. The molecule has 0 saturated carbocycles. The highest BCUT2D eigenvalue weighted by Crippen LogP contribution is 2.06. The van der Waals surface area contributed by atoms with E-state index in [2.05, 4.69) is 10.6 Å². The first kappa shape index (κ1) is 16.2. The summed E-state index contributed by atoms with van der Waals surface area (Å²) in [5, 5.41) is 14.2. The standard InChI is InChI=1S/C12H22N4O4/c1-8(4-5-15(2)3)14-12(20)16-7-10(17)13-6-9(16)11(18)19/h8-9H,4-7H2,1-3H3,(H,13,17)(H,14,20)(H,18,19). The number of carboxylic acids is 1. The lowest BCUT2D eigenvalue weighted by Crippen LogP contribution is -2.62. The van der Waals surface area contributed by atoms with Crippen molar-refractivity contribution in [2.24, 2.45) is 0 Å². The molecule has 1 rings (SSSR count). The predicted octanol–water partition coefficient (Wildman–Crippen LogP) is -1.08. The molecule has 0 spiro atoms. The quantitative estimate of drug-likeness (QED) is 0.597. The van der Waals surface area contributed by atoms with E-state index in [9.17, 15) is 14.4 Å². The molecule has 1 heterocycles. The summed E-state index contributed by atoms with van der Waals surface area (Å²) in [6.45, 7) is 2.36. The van der Waals surface area contributed by atoms with Gasteiger partial charge < -0.3 is 20.6 Å². The lowest BCUT2D eigenvalue weighted by Gasteiger charge is -2.33. The summed E-state index contributed by atoms with van der Waals surface area (Å²) in [6.07, 6.45) is 0.747. The molecule has 0 aromatic rings. The van der Waals surface area contributed by atoms with E-state index in [0.717, 1.165) is 17.9 Å². The van der Waals surface area contributed by atoms with Gasteiger partial charge in [-0.05, 0) is 34.0 Å². The number of nitrogens with one attached hydrogen (secondary N) is 2. The second-order valence-corrected chi connectivity index (χ2v) is 5.23. The average Bonchev–Trinajstić information content (AvgIpc) is 2.35. The van der Waals surface area contributed by atoms with Crippen molar-refractivity contribution in [2.45, 2.75) is 25.4 Å². The fraction of sp³-hybridized carbons (Fsp3) is 0.750. The van der Waals surface area contributed by atoms with E-state index in [4.69, 9.17) is 5.11 Å². The Morgan fingerprint density at radius 1 is 1.55 bits per heavy atom. The highest BCUT2D eigenvalue weighted by molar-refractivity contribution is 5.90. The molecule has 3 amide bonds. The Hall–Kier alpha value is -1.83. The Bertz CT molecular complexity index is 386. The zero-order valence-electron chi connectivity index (χ0n) is 12.0. The van der Waals surface area contributed by atoms with Crippen molar-refractivity contribution >= 4 is 17.9 Å². The molecule has 1 fully saturated rings. The second kappa shape index (κ2) is 7.09. The molecule has 0 radical (unpaired) electrons. The number of carboxylic acid groups (broad SMARTS) is 1. The minimum atomic E-state index is -1.12. The minimum Gasteiger partial charge on any atom is -0.480 e. The molecule has 20 heavy (non-hydrogen) atoms. The van der Waals surface area contributed by atoms with Crippen LogP contribution >= 0.6 is 0 Å². The summed E-state index contributed by atoms with van der Waals surface area (Å²) in [5.74, 6) is -1.47. The van der Waals surface area contributed by atoms with Crippen LogP contribution in [0.5, 0.6) is 0 Å². The van der Waals surface area contributed by atoms with E-state index in [0.29, 0.717) is 0 Å². The van der Waals surface area contributed by atoms with E-state index >= 15 is 0 Å². The molecule has 2 unspecified atom stereocenters. The van der Waals surface area contributed by atoms with E-state index in [1.807, 2.05) is 25.9 Å². The van der Waals surface area contributed by atoms with Gasteiger partial charge in [-0.15, -0.1) is 0 Å². The molecule has 0 aromatic heterocycles. The summed E-state index contributed by atoms with van der Waals surface area (Å²) in [4.78, 5) is 37.5. The summed E-state index contributed by atoms with van der Waals surface area (Å²) in [7, 11) is 3.87. The third kappa shape index (κ3) is 4.69. The summed E-state index contributed by atoms with van der Waals surface area (Å²) < 4.78 is 0. The molecule has 1 saturated heterocycles. The van der Waals surface area contributed by atoms with Gasteiger partial charge in [-0.25, -0.2) is 9.59 Å². The first-order chi connectivity index (χ1) is 9.31. The largest absolute Gasteiger partial charge is 0.480 e. The Morgan fingerprint density at radius 2 is 2.20 bits per heavy atom. The number of urea groups is 1. The summed E-state index contributed by atoms with van der Waals surface area (Å²) in [5.41, 5.74) is 0. The molecular formula is C12H22N4O4. The average molecular weight is 286 g/mol. The second-order valence-electron chi connectivity index (χ2n) is 5.23. The fourth-order valence-electron chi connectivity index (χ4n) is 1.89. The maximum absolute atomic E-state index is 12.1. The Balaban J connectivity index is 2.58. The van der Waals surface area contributed by atoms with Gasteiger partial charge in [0.15, 0.2) is 0 Å². The van der Waals surface area contributed by atoms with Crippen molar-refractivity contribution in [3.63, 3.8) is 0 Å². The minimum absolute atomic E-state index is 0.0618. The molecule has 8 heteroatoms. The summed E-state index contributed by atoms with van der Waals surface area (Å²) in [6, 6.07) is -1.63. The van der Waals surface area contributed by atoms with Crippen LogP contribution in [0, 0.1) is 0 Å². The van der Waals surface area contributed by atoms with Crippen LogP contribution in [0.3, 0.4) is 0 Å². The van der Waals surface area contributed by atoms with Gasteiger partial charge >= 0.3 is 12.0 Å². The van der Waals surface area contributed by atoms with Crippen molar-refractivity contribution in [3.8, 4) is 0 Å². The van der Waals surface area contributed by atoms with Crippen LogP contribution in [-0.4, -0.2) is 78.6 Å². The monoisotopic (exact) mass is 286 g/mol. The van der Waals surface area contributed by atoms with E-state index in [1.165, 1.54) is 0 Å². The zero-order valence-corrected chi connectivity index (χ0v) is 12.0. The molecule has 1 aliphatic heterocycles. The smallest absolute Gasteiger partial charge is 0.328 e. The third-order valence-corrected chi connectivity index (χ3v) is 3.11. The molecular weight excluding hydrogens is 264 g/mol. The van der Waals surface area contributed by atoms with Crippen LogP contribution in [0.4, 0.5) is 4.79 Å². The van der Waals surface area contributed by atoms with Crippen LogP contribution in [0.1, 0.15) is 13.3 Å². The third-order valence-electron chi connectivity index (χ3n) is 3.11. The Kier molecular flexibility index (Phi) is 5.75. The molecule has 0 aromatic carbocycles. The Morgan fingerprint density at radius 3 is 2.75 bits per heavy atom. The highest BCUT2D eigenvalue weighted by Gasteiger charge is 2.35. The van der Waals surface area contributed by atoms with Crippen molar-refractivity contribution in [2.75, 3.05) is 33.7 Å². The normalized spacial score (nSPS) is 20.5. The van der Waals surface area contributed by atoms with Crippen LogP contribution in [0.2, 0.25) is 0 Å². The lowest BCUT2D eigenvalue weighted by atomic mass is 10.2. The first-order valence-electron chi connectivity index (χ1n) is 6.52.